The number of rotatable bonds is 5. The van der Waals surface area contributed by atoms with E-state index in [1.165, 1.54) is 12.8 Å². The van der Waals surface area contributed by atoms with Gasteiger partial charge in [-0.15, -0.1) is 0 Å². The van der Waals surface area contributed by atoms with Crippen molar-refractivity contribution < 1.29 is 9.21 Å². The topological polar surface area (TPSA) is 45.5 Å². The van der Waals surface area contributed by atoms with E-state index in [-0.39, 0.29) is 11.9 Å². The Balaban J connectivity index is 1.67. The van der Waals surface area contributed by atoms with E-state index in [2.05, 4.69) is 17.1 Å². The van der Waals surface area contributed by atoms with Crippen molar-refractivity contribution in [3.8, 4) is 0 Å². The van der Waals surface area contributed by atoms with Crippen LogP contribution in [-0.4, -0.2) is 30.4 Å². The molecule has 4 nitrogen and oxygen atoms in total. The Morgan fingerprint density at radius 3 is 2.75 bits per heavy atom. The van der Waals surface area contributed by atoms with Gasteiger partial charge in [0.05, 0.1) is 12.3 Å². The van der Waals surface area contributed by atoms with Gasteiger partial charge in [0.15, 0.2) is 0 Å². The summed E-state index contributed by atoms with van der Waals surface area (Å²) in [5, 5.41) is 3.08. The lowest BCUT2D eigenvalue weighted by molar-refractivity contribution is 0.0895. The van der Waals surface area contributed by atoms with Gasteiger partial charge in [0.25, 0.3) is 5.91 Å². The number of nitrogens with one attached hydrogen (secondary N) is 1. The number of carbonyl (C=O) groups is 1. The molecule has 1 aromatic heterocycles. The Bertz CT molecular complexity index is 658. The molecule has 1 atom stereocenters. The average molecular weight is 326 g/mol. The van der Waals surface area contributed by atoms with Crippen molar-refractivity contribution in [1.82, 2.24) is 10.2 Å². The van der Waals surface area contributed by atoms with Crippen molar-refractivity contribution in [3.05, 3.63) is 59.5 Å². The van der Waals surface area contributed by atoms with Gasteiger partial charge in [-0.2, -0.15) is 0 Å². The first-order valence-electron chi connectivity index (χ1n) is 8.76. The fourth-order valence-corrected chi connectivity index (χ4v) is 3.31. The van der Waals surface area contributed by atoms with Crippen molar-refractivity contribution >= 4 is 5.91 Å². The molecular weight excluding hydrogens is 300 g/mol. The van der Waals surface area contributed by atoms with Crippen LogP contribution in [0.1, 0.15) is 47.5 Å². The summed E-state index contributed by atoms with van der Waals surface area (Å²) < 4.78 is 5.64. The molecule has 1 aliphatic heterocycles. The number of benzene rings is 1. The Morgan fingerprint density at radius 1 is 1.29 bits per heavy atom. The molecule has 1 amide bonds. The van der Waals surface area contributed by atoms with Crippen LogP contribution in [-0.2, 0) is 0 Å². The molecular formula is C20H26N2O2. The Labute approximate surface area is 143 Å². The largest absolute Gasteiger partial charge is 0.468 e. The third-order valence-corrected chi connectivity index (χ3v) is 4.87. The minimum absolute atomic E-state index is 0.0272. The predicted octanol–water partition coefficient (Wildman–Crippen LogP) is 3.79. The van der Waals surface area contributed by atoms with E-state index in [1.807, 2.05) is 43.3 Å². The van der Waals surface area contributed by atoms with Crippen molar-refractivity contribution in [3.63, 3.8) is 0 Å². The standard InChI is InChI=1S/C20H26N2O2/c1-15-8-10-22(11-9-15)18(19-7-4-12-24-19)14-21-20(23)17-6-3-5-16(2)13-17/h3-7,12-13,15,18H,8-11,14H2,1-2H3,(H,21,23). The molecule has 0 saturated carbocycles. The molecule has 3 rings (SSSR count). The third-order valence-electron chi connectivity index (χ3n) is 4.87. The molecule has 128 valence electrons. The summed E-state index contributed by atoms with van der Waals surface area (Å²) in [7, 11) is 0. The summed E-state index contributed by atoms with van der Waals surface area (Å²) in [5.41, 5.74) is 1.80. The normalized spacial score (nSPS) is 17.6. The number of aryl methyl sites for hydroxylation is 1. The van der Waals surface area contributed by atoms with Crippen molar-refractivity contribution in [2.24, 2.45) is 5.92 Å². The Hall–Kier alpha value is -2.07. The molecule has 0 spiro atoms. The van der Waals surface area contributed by atoms with Crippen molar-refractivity contribution in [2.45, 2.75) is 32.7 Å². The fourth-order valence-electron chi connectivity index (χ4n) is 3.31. The first-order chi connectivity index (χ1) is 11.6. The number of nitrogens with zero attached hydrogens (tertiary/aromatic N) is 1. The second-order valence-electron chi connectivity index (χ2n) is 6.83. The molecule has 2 aromatic rings. The van der Waals surface area contributed by atoms with Crippen LogP contribution in [0.2, 0.25) is 0 Å². The third kappa shape index (κ3) is 4.06. The monoisotopic (exact) mass is 326 g/mol. The van der Waals surface area contributed by atoms with Gasteiger partial charge >= 0.3 is 0 Å². The minimum Gasteiger partial charge on any atom is -0.468 e. The summed E-state index contributed by atoms with van der Waals surface area (Å²) in [6.45, 7) is 6.96. The zero-order valence-electron chi connectivity index (χ0n) is 14.5. The number of amides is 1. The molecule has 1 aliphatic rings. The van der Waals surface area contributed by atoms with E-state index in [9.17, 15) is 4.79 Å². The van der Waals surface area contributed by atoms with Gasteiger partial charge in [-0.3, -0.25) is 9.69 Å². The van der Waals surface area contributed by atoms with Crippen LogP contribution in [0.5, 0.6) is 0 Å². The molecule has 1 fully saturated rings. The van der Waals surface area contributed by atoms with Crippen LogP contribution in [0, 0.1) is 12.8 Å². The summed E-state index contributed by atoms with van der Waals surface area (Å²) >= 11 is 0. The highest BCUT2D eigenvalue weighted by Gasteiger charge is 2.26. The lowest BCUT2D eigenvalue weighted by Crippen LogP contribution is -2.41. The first kappa shape index (κ1) is 16.8. The maximum Gasteiger partial charge on any atom is 0.251 e. The van der Waals surface area contributed by atoms with Crippen molar-refractivity contribution in [1.29, 1.82) is 0 Å². The molecule has 24 heavy (non-hydrogen) atoms. The smallest absolute Gasteiger partial charge is 0.251 e. The van der Waals surface area contributed by atoms with Gasteiger partial charge in [-0.05, 0) is 63.0 Å². The zero-order valence-corrected chi connectivity index (χ0v) is 14.5. The fraction of sp³-hybridized carbons (Fsp3) is 0.450. The van der Waals surface area contributed by atoms with E-state index in [0.29, 0.717) is 12.1 Å². The summed E-state index contributed by atoms with van der Waals surface area (Å²) in [6, 6.07) is 11.7. The minimum atomic E-state index is -0.0272. The molecule has 2 heterocycles. The highest BCUT2D eigenvalue weighted by Crippen LogP contribution is 2.26. The number of hydrogen-bond acceptors (Lipinski definition) is 3. The van der Waals surface area contributed by atoms with Gasteiger partial charge in [0.1, 0.15) is 5.76 Å². The lowest BCUT2D eigenvalue weighted by Gasteiger charge is -2.35. The SMILES string of the molecule is Cc1cccc(C(=O)NCC(c2ccco2)N2CCC(C)CC2)c1. The van der Waals surface area contributed by atoms with E-state index in [4.69, 9.17) is 4.42 Å². The van der Waals surface area contributed by atoms with Crippen LogP contribution in [0.4, 0.5) is 0 Å². The van der Waals surface area contributed by atoms with E-state index in [0.717, 1.165) is 30.3 Å². The maximum atomic E-state index is 12.4. The van der Waals surface area contributed by atoms with Crippen LogP contribution in [0.15, 0.2) is 47.1 Å². The Kier molecular flexibility index (Phi) is 5.36. The number of piperidine rings is 1. The van der Waals surface area contributed by atoms with Gasteiger partial charge < -0.3 is 9.73 Å². The maximum absolute atomic E-state index is 12.4. The molecule has 1 saturated heterocycles. The zero-order chi connectivity index (χ0) is 16.9. The molecule has 0 aliphatic carbocycles. The van der Waals surface area contributed by atoms with E-state index in [1.54, 1.807) is 6.26 Å². The summed E-state index contributed by atoms with van der Waals surface area (Å²) in [5.74, 6) is 1.68. The summed E-state index contributed by atoms with van der Waals surface area (Å²) in [4.78, 5) is 14.9. The highest BCUT2D eigenvalue weighted by atomic mass is 16.3. The second-order valence-corrected chi connectivity index (χ2v) is 6.83. The molecule has 4 heteroatoms. The number of likely N-dealkylation sites (tertiary alicyclic amines) is 1. The highest BCUT2D eigenvalue weighted by molar-refractivity contribution is 5.94. The summed E-state index contributed by atoms with van der Waals surface area (Å²) in [6.07, 6.45) is 4.10. The molecule has 1 unspecified atom stereocenters. The van der Waals surface area contributed by atoms with Gasteiger partial charge in [-0.1, -0.05) is 24.6 Å². The molecule has 1 aromatic carbocycles. The number of hydrogen-bond donors (Lipinski definition) is 1. The van der Waals surface area contributed by atoms with E-state index < -0.39 is 0 Å². The van der Waals surface area contributed by atoms with Gasteiger partial charge in [0, 0.05) is 12.1 Å². The number of furan rings is 1. The lowest BCUT2D eigenvalue weighted by atomic mass is 9.97. The predicted molar refractivity (Wildman–Crippen MR) is 94.9 cm³/mol. The molecule has 1 N–H and O–H groups in total. The van der Waals surface area contributed by atoms with Gasteiger partial charge in [-0.25, -0.2) is 0 Å². The van der Waals surface area contributed by atoms with Crippen LogP contribution < -0.4 is 5.32 Å². The molecule has 0 radical (unpaired) electrons. The van der Waals surface area contributed by atoms with E-state index >= 15 is 0 Å². The first-order valence-corrected chi connectivity index (χ1v) is 8.76. The quantitative estimate of drug-likeness (QED) is 0.909. The van der Waals surface area contributed by atoms with Crippen LogP contribution in [0.25, 0.3) is 0 Å². The second kappa shape index (κ2) is 7.67. The molecule has 0 bridgehead atoms. The van der Waals surface area contributed by atoms with Crippen molar-refractivity contribution in [2.75, 3.05) is 19.6 Å². The Morgan fingerprint density at radius 2 is 2.08 bits per heavy atom. The number of carbonyl (C=O) groups excluding carboxylic acids is 1. The van der Waals surface area contributed by atoms with Gasteiger partial charge in [0.2, 0.25) is 0 Å². The van der Waals surface area contributed by atoms with Crippen LogP contribution in [0.3, 0.4) is 0 Å². The average Bonchev–Trinajstić information content (AvgIpc) is 3.11. The van der Waals surface area contributed by atoms with Crippen LogP contribution >= 0.6 is 0 Å².